The van der Waals surface area contributed by atoms with Crippen molar-refractivity contribution in [2.75, 3.05) is 23.9 Å². The van der Waals surface area contributed by atoms with Crippen LogP contribution in [0.2, 0.25) is 0 Å². The number of carbonyl (C=O) groups is 1. The second-order valence-electron chi connectivity index (χ2n) is 12.0. The number of carboxylic acid groups (broad SMARTS) is 1. The molecule has 0 unspecified atom stereocenters. The molecular formula is C34H40N3NaO2S. The molecule has 41 heavy (non-hydrogen) atoms. The molecule has 1 aliphatic carbocycles. The molecule has 0 radical (unpaired) electrons. The number of carboxylic acids is 1. The summed E-state index contributed by atoms with van der Waals surface area (Å²) < 4.78 is 0. The van der Waals surface area contributed by atoms with E-state index in [1.54, 1.807) is 23.5 Å². The molecule has 5 nitrogen and oxygen atoms in total. The van der Waals surface area contributed by atoms with Crippen molar-refractivity contribution in [2.45, 2.75) is 58.5 Å². The van der Waals surface area contributed by atoms with Gasteiger partial charge >= 0.3 is 35.5 Å². The van der Waals surface area contributed by atoms with Gasteiger partial charge in [-0.2, -0.15) is 0 Å². The van der Waals surface area contributed by atoms with E-state index in [-0.39, 0.29) is 31.0 Å². The Morgan fingerprint density at radius 2 is 1.46 bits per heavy atom. The smallest absolute Gasteiger partial charge is 1.00 e. The Balaban J connectivity index is 0.00000242. The molecule has 0 atom stereocenters. The van der Waals surface area contributed by atoms with Crippen molar-refractivity contribution in [1.82, 2.24) is 4.98 Å². The minimum atomic E-state index is -0.908. The Hall–Kier alpha value is -2.64. The van der Waals surface area contributed by atoms with Crippen LogP contribution in [0.4, 0.5) is 10.8 Å². The monoisotopic (exact) mass is 577 g/mol. The van der Waals surface area contributed by atoms with E-state index >= 15 is 0 Å². The molecule has 0 saturated heterocycles. The van der Waals surface area contributed by atoms with E-state index in [4.69, 9.17) is 10.1 Å². The second-order valence-corrected chi connectivity index (χ2v) is 12.8. The van der Waals surface area contributed by atoms with Gasteiger partial charge in [0.15, 0.2) is 5.13 Å². The third-order valence-corrected chi connectivity index (χ3v) is 9.21. The number of nitrogens with zero attached hydrogens (tertiary/aromatic N) is 3. The average molecular weight is 578 g/mol. The summed E-state index contributed by atoms with van der Waals surface area (Å²) in [5.74, 6) is -0.196. The Labute approximate surface area is 272 Å². The van der Waals surface area contributed by atoms with Crippen LogP contribution in [-0.4, -0.2) is 30.2 Å². The van der Waals surface area contributed by atoms with Gasteiger partial charge in [0.25, 0.3) is 0 Å². The van der Waals surface area contributed by atoms with Crippen LogP contribution >= 0.6 is 11.3 Å². The van der Waals surface area contributed by atoms with Crippen LogP contribution < -0.4 is 39.4 Å². The summed E-state index contributed by atoms with van der Waals surface area (Å²) in [5, 5.41) is 12.1. The number of hydrogen-bond acceptors (Lipinski definition) is 5. The first kappa shape index (κ1) is 31.3. The maximum atomic E-state index is 11.1. The van der Waals surface area contributed by atoms with Crippen LogP contribution in [0, 0.1) is 5.41 Å². The maximum Gasteiger partial charge on any atom is 1.00 e. The van der Waals surface area contributed by atoms with E-state index in [0.717, 1.165) is 28.5 Å². The van der Waals surface area contributed by atoms with Crippen LogP contribution in [0.1, 0.15) is 73.9 Å². The number of hydrogen-bond donors (Lipinski definition) is 1. The Kier molecular flexibility index (Phi) is 10.3. The molecule has 0 amide bonds. The number of aromatic nitrogens is 1. The number of benzene rings is 3. The summed E-state index contributed by atoms with van der Waals surface area (Å²) in [6.07, 6.45) is 5.25. The van der Waals surface area contributed by atoms with Gasteiger partial charge in [0, 0.05) is 43.8 Å². The summed E-state index contributed by atoms with van der Waals surface area (Å²) in [7, 11) is 4.15. The normalized spacial score (nSPS) is 14.7. The third-order valence-electron chi connectivity index (χ3n) is 8.25. The maximum absolute atomic E-state index is 11.1. The van der Waals surface area contributed by atoms with Gasteiger partial charge in [-0.1, -0.05) is 62.4 Å². The van der Waals surface area contributed by atoms with Gasteiger partial charge in [-0.05, 0) is 78.0 Å². The van der Waals surface area contributed by atoms with Crippen LogP contribution in [-0.2, 0) is 13.1 Å². The fourth-order valence-electron chi connectivity index (χ4n) is 5.55. The molecule has 0 bridgehead atoms. The van der Waals surface area contributed by atoms with Crippen LogP contribution in [0.15, 0.2) is 78.2 Å². The van der Waals surface area contributed by atoms with E-state index in [1.807, 2.05) is 19.2 Å². The van der Waals surface area contributed by atoms with Gasteiger partial charge in [0.2, 0.25) is 0 Å². The van der Waals surface area contributed by atoms with E-state index < -0.39 is 5.97 Å². The zero-order valence-electron chi connectivity index (χ0n) is 25.9. The van der Waals surface area contributed by atoms with Gasteiger partial charge in [-0.3, -0.25) is 0 Å². The zero-order valence-corrected chi connectivity index (χ0v) is 27.7. The number of anilines is 2. The van der Waals surface area contributed by atoms with Crippen molar-refractivity contribution >= 4 is 28.1 Å². The Morgan fingerprint density at radius 1 is 0.902 bits per heavy atom. The first-order chi connectivity index (χ1) is 19.2. The van der Waals surface area contributed by atoms with Gasteiger partial charge in [-0.15, -0.1) is 11.3 Å². The van der Waals surface area contributed by atoms with Crippen molar-refractivity contribution < 1.29 is 40.9 Å². The molecule has 4 aromatic rings. The first-order valence-electron chi connectivity index (χ1n) is 14.1. The van der Waals surface area contributed by atoms with Crippen molar-refractivity contribution in [2.24, 2.45) is 5.41 Å². The predicted octanol–water partition coefficient (Wildman–Crippen LogP) is 5.58. The molecule has 0 spiro atoms. The SMILES string of the molecule is CN(Cc1ccc(C2CCC(C)(C)CC2)cc1)c1ccc(-c2csc(N(C)Cc3ccc(C(=O)O)cc3)n2)cc1.[H-].[Na+]. The van der Waals surface area contributed by atoms with E-state index in [2.05, 4.69) is 84.6 Å². The van der Waals surface area contributed by atoms with Gasteiger partial charge in [0.05, 0.1) is 11.3 Å². The number of aromatic carboxylic acids is 1. The van der Waals surface area contributed by atoms with Gasteiger partial charge < -0.3 is 16.3 Å². The van der Waals surface area contributed by atoms with E-state index in [0.29, 0.717) is 23.4 Å². The molecule has 1 fully saturated rings. The molecule has 1 N–H and O–H groups in total. The predicted molar refractivity (Wildman–Crippen MR) is 168 cm³/mol. The molecule has 5 rings (SSSR count). The molecule has 0 aliphatic heterocycles. The Morgan fingerprint density at radius 3 is 2.05 bits per heavy atom. The molecule has 1 saturated carbocycles. The quantitative estimate of drug-likeness (QED) is 0.263. The topological polar surface area (TPSA) is 56.7 Å². The first-order valence-corrected chi connectivity index (χ1v) is 14.9. The van der Waals surface area contributed by atoms with Gasteiger partial charge in [0.1, 0.15) is 0 Å². The summed E-state index contributed by atoms with van der Waals surface area (Å²) in [6, 6.07) is 24.9. The summed E-state index contributed by atoms with van der Waals surface area (Å²) in [6.45, 7) is 6.33. The molecule has 3 aromatic carbocycles. The van der Waals surface area contributed by atoms with Crippen LogP contribution in [0.5, 0.6) is 0 Å². The summed E-state index contributed by atoms with van der Waals surface area (Å²) in [5.41, 5.74) is 7.92. The zero-order chi connectivity index (χ0) is 28.3. The number of rotatable bonds is 9. The fraction of sp³-hybridized carbons (Fsp3) is 0.353. The standard InChI is InChI=1S/C34H39N3O2S.Na.H/c1-34(2)19-17-27(18-20-34)26-9-5-24(6-10-26)21-36(3)30-15-13-28(14-16-30)31-23-40-33(35-31)37(4)22-25-7-11-29(12-8-25)32(38)39;;/h5-16,23,27H,17-22H2,1-4H3,(H,38,39);;/q;+1;-1. The molecule has 1 aromatic heterocycles. The van der Waals surface area contributed by atoms with E-state index in [9.17, 15) is 4.79 Å². The number of thiazole rings is 1. The van der Waals surface area contributed by atoms with Crippen molar-refractivity contribution in [1.29, 1.82) is 0 Å². The Bertz CT molecular complexity index is 1430. The molecular weight excluding hydrogens is 537 g/mol. The van der Waals surface area contributed by atoms with Crippen LogP contribution in [0.25, 0.3) is 11.3 Å². The molecule has 1 aliphatic rings. The molecule has 1 heterocycles. The molecule has 7 heteroatoms. The third kappa shape index (κ3) is 8.01. The average Bonchev–Trinajstić information content (AvgIpc) is 3.45. The largest absolute Gasteiger partial charge is 1.00 e. The minimum absolute atomic E-state index is 0. The van der Waals surface area contributed by atoms with Crippen molar-refractivity contribution in [3.8, 4) is 11.3 Å². The van der Waals surface area contributed by atoms with Crippen molar-refractivity contribution in [3.63, 3.8) is 0 Å². The van der Waals surface area contributed by atoms with Crippen LogP contribution in [0.3, 0.4) is 0 Å². The minimum Gasteiger partial charge on any atom is -1.00 e. The van der Waals surface area contributed by atoms with E-state index in [1.165, 1.54) is 42.5 Å². The van der Waals surface area contributed by atoms with Crippen molar-refractivity contribution in [3.05, 3.63) is 100 Å². The fourth-order valence-corrected chi connectivity index (χ4v) is 6.35. The molecule has 210 valence electrons. The second kappa shape index (κ2) is 13.6. The summed E-state index contributed by atoms with van der Waals surface area (Å²) >= 11 is 1.61. The van der Waals surface area contributed by atoms with Gasteiger partial charge in [-0.25, -0.2) is 9.78 Å². The summed E-state index contributed by atoms with van der Waals surface area (Å²) in [4.78, 5) is 20.3.